The topological polar surface area (TPSA) is 50.7 Å². The number of benzene rings is 1. The quantitative estimate of drug-likeness (QED) is 0.695. The zero-order valence-corrected chi connectivity index (χ0v) is 10.2. The number of para-hydroxylation sites is 1. The summed E-state index contributed by atoms with van der Waals surface area (Å²) in [7, 11) is 1.54. The number of ether oxygens (including phenoxy) is 2. The summed E-state index contributed by atoms with van der Waals surface area (Å²) >= 11 is 0. The molecule has 0 heterocycles. The second kappa shape index (κ2) is 7.97. The van der Waals surface area contributed by atoms with Gasteiger partial charge in [0, 0.05) is 13.7 Å². The number of aliphatic hydroxyl groups excluding tert-OH is 1. The smallest absolute Gasteiger partial charge is 0.149 e. The molecule has 0 aliphatic heterocycles. The molecular weight excluding hydrogens is 244 g/mol. The van der Waals surface area contributed by atoms with E-state index in [1.54, 1.807) is 7.11 Å². The molecule has 0 aliphatic carbocycles. The summed E-state index contributed by atoms with van der Waals surface area (Å²) in [6, 6.07) is 3.57. The van der Waals surface area contributed by atoms with Crippen molar-refractivity contribution in [1.82, 2.24) is 0 Å². The third-order valence-corrected chi connectivity index (χ3v) is 2.22. The SMILES string of the molecule is COCCOCC(O)CNc1c(F)cccc1F. The maximum absolute atomic E-state index is 13.2. The summed E-state index contributed by atoms with van der Waals surface area (Å²) < 4.78 is 36.3. The molecule has 1 aromatic carbocycles. The van der Waals surface area contributed by atoms with Crippen molar-refractivity contribution in [2.45, 2.75) is 6.10 Å². The number of halogens is 2. The normalized spacial score (nSPS) is 12.4. The first-order valence-electron chi connectivity index (χ1n) is 5.57. The van der Waals surface area contributed by atoms with E-state index in [-0.39, 0.29) is 18.8 Å². The number of rotatable bonds is 8. The van der Waals surface area contributed by atoms with Gasteiger partial charge in [0.15, 0.2) is 0 Å². The van der Waals surface area contributed by atoms with E-state index in [0.29, 0.717) is 13.2 Å². The lowest BCUT2D eigenvalue weighted by Crippen LogP contribution is -2.26. The minimum absolute atomic E-state index is 0.00480. The van der Waals surface area contributed by atoms with E-state index in [9.17, 15) is 13.9 Å². The highest BCUT2D eigenvalue weighted by Crippen LogP contribution is 2.17. The molecule has 0 fully saturated rings. The largest absolute Gasteiger partial charge is 0.389 e. The molecule has 0 spiro atoms. The fraction of sp³-hybridized carbons (Fsp3) is 0.500. The van der Waals surface area contributed by atoms with Gasteiger partial charge in [-0.3, -0.25) is 0 Å². The zero-order chi connectivity index (χ0) is 13.4. The molecule has 0 saturated heterocycles. The molecule has 6 heteroatoms. The molecule has 0 saturated carbocycles. The van der Waals surface area contributed by atoms with Crippen LogP contribution in [0.2, 0.25) is 0 Å². The summed E-state index contributed by atoms with van der Waals surface area (Å²) in [5, 5.41) is 12.0. The minimum Gasteiger partial charge on any atom is -0.389 e. The number of methoxy groups -OCH3 is 1. The van der Waals surface area contributed by atoms with Crippen LogP contribution in [0.25, 0.3) is 0 Å². The molecular formula is C12H17F2NO3. The lowest BCUT2D eigenvalue weighted by molar-refractivity contribution is 0.0181. The van der Waals surface area contributed by atoms with Crippen LogP contribution in [0.15, 0.2) is 18.2 Å². The fourth-order valence-corrected chi connectivity index (χ4v) is 1.31. The molecule has 4 nitrogen and oxygen atoms in total. The van der Waals surface area contributed by atoms with Crippen LogP contribution in [0.3, 0.4) is 0 Å². The average molecular weight is 261 g/mol. The van der Waals surface area contributed by atoms with Crippen molar-refractivity contribution in [3.63, 3.8) is 0 Å². The maximum Gasteiger partial charge on any atom is 0.149 e. The molecule has 2 N–H and O–H groups in total. The van der Waals surface area contributed by atoms with E-state index in [2.05, 4.69) is 5.32 Å². The predicted molar refractivity (Wildman–Crippen MR) is 63.5 cm³/mol. The van der Waals surface area contributed by atoms with Gasteiger partial charge in [0.1, 0.15) is 17.3 Å². The van der Waals surface area contributed by atoms with E-state index in [1.807, 2.05) is 0 Å². The van der Waals surface area contributed by atoms with Crippen LogP contribution in [0.1, 0.15) is 0 Å². The highest BCUT2D eigenvalue weighted by atomic mass is 19.1. The zero-order valence-electron chi connectivity index (χ0n) is 10.2. The van der Waals surface area contributed by atoms with Crippen LogP contribution in [0, 0.1) is 11.6 Å². The predicted octanol–water partition coefficient (Wildman–Crippen LogP) is 1.40. The van der Waals surface area contributed by atoms with Gasteiger partial charge in [-0.25, -0.2) is 8.78 Å². The molecule has 0 radical (unpaired) electrons. The second-order valence-corrected chi connectivity index (χ2v) is 3.70. The van der Waals surface area contributed by atoms with Crippen LogP contribution < -0.4 is 5.32 Å². The first-order valence-corrected chi connectivity index (χ1v) is 5.57. The van der Waals surface area contributed by atoms with E-state index < -0.39 is 17.7 Å². The lowest BCUT2D eigenvalue weighted by Gasteiger charge is -2.14. The van der Waals surface area contributed by atoms with E-state index >= 15 is 0 Å². The van der Waals surface area contributed by atoms with Crippen LogP contribution >= 0.6 is 0 Å². The Morgan fingerprint density at radius 2 is 1.94 bits per heavy atom. The average Bonchev–Trinajstić information content (AvgIpc) is 2.34. The van der Waals surface area contributed by atoms with Crippen molar-refractivity contribution in [1.29, 1.82) is 0 Å². The highest BCUT2D eigenvalue weighted by molar-refractivity contribution is 5.46. The Bertz CT molecular complexity index is 343. The summed E-state index contributed by atoms with van der Waals surface area (Å²) in [4.78, 5) is 0. The first kappa shape index (κ1) is 14.8. The molecule has 0 amide bonds. The van der Waals surface area contributed by atoms with Crippen molar-refractivity contribution in [3.8, 4) is 0 Å². The number of nitrogens with one attached hydrogen (secondary N) is 1. The number of aliphatic hydroxyl groups is 1. The van der Waals surface area contributed by atoms with Gasteiger partial charge in [-0.15, -0.1) is 0 Å². The van der Waals surface area contributed by atoms with Crippen LogP contribution in [-0.4, -0.2) is 44.7 Å². The maximum atomic E-state index is 13.2. The Balaban J connectivity index is 2.31. The van der Waals surface area contributed by atoms with Crippen molar-refractivity contribution in [2.24, 2.45) is 0 Å². The minimum atomic E-state index is -0.846. The van der Waals surface area contributed by atoms with Gasteiger partial charge in [0.05, 0.1) is 25.9 Å². The van der Waals surface area contributed by atoms with Crippen LogP contribution in [-0.2, 0) is 9.47 Å². The summed E-state index contributed by atoms with van der Waals surface area (Å²) in [6.07, 6.45) is -0.846. The Kier molecular flexibility index (Phi) is 6.56. The van der Waals surface area contributed by atoms with Gasteiger partial charge in [-0.05, 0) is 12.1 Å². The first-order chi connectivity index (χ1) is 8.65. The Labute approximate surface area is 105 Å². The number of hydrogen-bond donors (Lipinski definition) is 2. The van der Waals surface area contributed by atoms with Crippen molar-refractivity contribution < 1.29 is 23.4 Å². The van der Waals surface area contributed by atoms with Crippen LogP contribution in [0.4, 0.5) is 14.5 Å². The molecule has 1 aromatic rings. The van der Waals surface area contributed by atoms with Gasteiger partial charge >= 0.3 is 0 Å². The molecule has 0 aliphatic rings. The number of hydrogen-bond acceptors (Lipinski definition) is 4. The van der Waals surface area contributed by atoms with Crippen molar-refractivity contribution >= 4 is 5.69 Å². The fourth-order valence-electron chi connectivity index (χ4n) is 1.31. The monoisotopic (exact) mass is 261 g/mol. The lowest BCUT2D eigenvalue weighted by atomic mass is 10.2. The van der Waals surface area contributed by atoms with Gasteiger partial charge < -0.3 is 19.9 Å². The molecule has 1 rings (SSSR count). The van der Waals surface area contributed by atoms with Gasteiger partial charge in [0.25, 0.3) is 0 Å². The third kappa shape index (κ3) is 4.95. The number of anilines is 1. The summed E-state index contributed by atoms with van der Waals surface area (Å²) in [5.74, 6) is -1.38. The van der Waals surface area contributed by atoms with Gasteiger partial charge in [-0.2, -0.15) is 0 Å². The van der Waals surface area contributed by atoms with E-state index in [1.165, 1.54) is 6.07 Å². The second-order valence-electron chi connectivity index (χ2n) is 3.70. The molecule has 0 aromatic heterocycles. The molecule has 102 valence electrons. The van der Waals surface area contributed by atoms with Crippen molar-refractivity contribution in [2.75, 3.05) is 38.8 Å². The Morgan fingerprint density at radius 1 is 1.28 bits per heavy atom. The molecule has 18 heavy (non-hydrogen) atoms. The highest BCUT2D eigenvalue weighted by Gasteiger charge is 2.10. The molecule has 1 unspecified atom stereocenters. The standard InChI is InChI=1S/C12H17F2NO3/c1-17-5-6-18-8-9(16)7-15-12-10(13)3-2-4-11(12)14/h2-4,9,15-16H,5-8H2,1H3. The van der Waals surface area contributed by atoms with Crippen LogP contribution in [0.5, 0.6) is 0 Å². The Morgan fingerprint density at radius 3 is 2.56 bits per heavy atom. The summed E-state index contributed by atoms with van der Waals surface area (Å²) in [5.41, 5.74) is -0.242. The van der Waals surface area contributed by atoms with E-state index in [0.717, 1.165) is 12.1 Å². The van der Waals surface area contributed by atoms with Gasteiger partial charge in [-0.1, -0.05) is 6.07 Å². The molecule has 0 bridgehead atoms. The Hall–Kier alpha value is -1.24. The van der Waals surface area contributed by atoms with Gasteiger partial charge in [0.2, 0.25) is 0 Å². The third-order valence-electron chi connectivity index (χ3n) is 2.22. The van der Waals surface area contributed by atoms with E-state index in [4.69, 9.17) is 9.47 Å². The summed E-state index contributed by atoms with van der Waals surface area (Å²) in [6.45, 7) is 0.876. The van der Waals surface area contributed by atoms with Crippen molar-refractivity contribution in [3.05, 3.63) is 29.8 Å². The molecule has 1 atom stereocenters.